The van der Waals surface area contributed by atoms with Crippen LogP contribution in [0.1, 0.15) is 44.1 Å². The van der Waals surface area contributed by atoms with Crippen molar-refractivity contribution < 1.29 is 9.53 Å². The maximum absolute atomic E-state index is 12.0. The summed E-state index contributed by atoms with van der Waals surface area (Å²) in [7, 11) is 0. The van der Waals surface area contributed by atoms with Crippen molar-refractivity contribution in [2.75, 3.05) is 6.61 Å². The van der Waals surface area contributed by atoms with Crippen LogP contribution in [0.3, 0.4) is 0 Å². The lowest BCUT2D eigenvalue weighted by Gasteiger charge is -2.23. The Morgan fingerprint density at radius 1 is 1.22 bits per heavy atom. The third-order valence-electron chi connectivity index (χ3n) is 5.47. The fourth-order valence-corrected chi connectivity index (χ4v) is 3.91. The van der Waals surface area contributed by atoms with Crippen LogP contribution in [0.4, 0.5) is 4.79 Å². The van der Waals surface area contributed by atoms with E-state index in [9.17, 15) is 4.79 Å². The minimum absolute atomic E-state index is 0.0587. The number of fused-ring (bicyclic) bond motifs is 2. The molecule has 3 fully saturated rings. The Bertz CT molecular complexity index is 556. The SMILES string of the molecule is O=C(NCc1ccc(OCC2CC2)nc1)NC1CC2CCC1C2. The number of carbonyl (C=O) groups is 1. The molecule has 3 aliphatic rings. The lowest BCUT2D eigenvalue weighted by atomic mass is 9.95. The Morgan fingerprint density at radius 3 is 2.78 bits per heavy atom. The molecule has 124 valence electrons. The van der Waals surface area contributed by atoms with Crippen LogP contribution in [0.5, 0.6) is 5.88 Å². The average molecular weight is 315 g/mol. The van der Waals surface area contributed by atoms with Crippen LogP contribution in [0.25, 0.3) is 0 Å². The number of pyridine rings is 1. The van der Waals surface area contributed by atoms with E-state index < -0.39 is 0 Å². The molecule has 23 heavy (non-hydrogen) atoms. The second-order valence-electron chi connectivity index (χ2n) is 7.37. The highest BCUT2D eigenvalue weighted by atomic mass is 16.5. The second kappa shape index (κ2) is 6.38. The van der Waals surface area contributed by atoms with Crippen molar-refractivity contribution in [1.82, 2.24) is 15.6 Å². The molecular formula is C18H25N3O2. The third-order valence-corrected chi connectivity index (χ3v) is 5.47. The highest BCUT2D eigenvalue weighted by Crippen LogP contribution is 2.44. The van der Waals surface area contributed by atoms with Gasteiger partial charge < -0.3 is 15.4 Å². The second-order valence-corrected chi connectivity index (χ2v) is 7.37. The highest BCUT2D eigenvalue weighted by Gasteiger charge is 2.40. The van der Waals surface area contributed by atoms with Gasteiger partial charge in [0.1, 0.15) is 0 Å². The predicted molar refractivity (Wildman–Crippen MR) is 87.1 cm³/mol. The number of aromatic nitrogens is 1. The number of hydrogen-bond acceptors (Lipinski definition) is 3. The highest BCUT2D eigenvalue weighted by molar-refractivity contribution is 5.74. The minimum atomic E-state index is -0.0587. The zero-order chi connectivity index (χ0) is 15.6. The summed E-state index contributed by atoms with van der Waals surface area (Å²) in [6.07, 6.45) is 9.43. The molecule has 3 unspecified atom stereocenters. The molecule has 3 aliphatic carbocycles. The molecule has 2 amide bonds. The van der Waals surface area contributed by atoms with Crippen LogP contribution in [0.2, 0.25) is 0 Å². The first-order chi connectivity index (χ1) is 11.3. The molecule has 3 atom stereocenters. The first-order valence-corrected chi connectivity index (χ1v) is 8.88. The third kappa shape index (κ3) is 3.77. The molecule has 2 bridgehead atoms. The fraction of sp³-hybridized carbons (Fsp3) is 0.667. The molecule has 5 heteroatoms. The number of ether oxygens (including phenoxy) is 1. The summed E-state index contributed by atoms with van der Waals surface area (Å²) in [6.45, 7) is 1.28. The van der Waals surface area contributed by atoms with Crippen molar-refractivity contribution in [1.29, 1.82) is 0 Å². The summed E-state index contributed by atoms with van der Waals surface area (Å²) in [5.41, 5.74) is 0.992. The largest absolute Gasteiger partial charge is 0.477 e. The van der Waals surface area contributed by atoms with E-state index in [0.29, 0.717) is 24.4 Å². The minimum Gasteiger partial charge on any atom is -0.477 e. The van der Waals surface area contributed by atoms with E-state index in [-0.39, 0.29) is 6.03 Å². The standard InChI is InChI=1S/C18H25N3O2/c22-18(21-16-8-13-3-5-15(16)7-13)20-10-14-4-6-17(19-9-14)23-11-12-1-2-12/h4,6,9,12-13,15-16H,1-3,5,7-8,10-11H2,(H2,20,21,22). The molecular weight excluding hydrogens is 290 g/mol. The van der Waals surface area contributed by atoms with Crippen molar-refractivity contribution in [3.05, 3.63) is 23.9 Å². The van der Waals surface area contributed by atoms with Crippen LogP contribution < -0.4 is 15.4 Å². The summed E-state index contributed by atoms with van der Waals surface area (Å²) in [4.78, 5) is 16.3. The lowest BCUT2D eigenvalue weighted by molar-refractivity contribution is 0.230. The average Bonchev–Trinajstić information content (AvgIpc) is 3.17. The van der Waals surface area contributed by atoms with Gasteiger partial charge in [-0.2, -0.15) is 0 Å². The first kappa shape index (κ1) is 14.8. The van der Waals surface area contributed by atoms with Crippen LogP contribution >= 0.6 is 0 Å². The summed E-state index contributed by atoms with van der Waals surface area (Å²) in [5, 5.41) is 6.07. The molecule has 4 rings (SSSR count). The van der Waals surface area contributed by atoms with E-state index in [0.717, 1.165) is 30.4 Å². The lowest BCUT2D eigenvalue weighted by Crippen LogP contribution is -2.44. The molecule has 0 aliphatic heterocycles. The number of amides is 2. The summed E-state index contributed by atoms with van der Waals surface area (Å²) in [5.74, 6) is 2.95. The first-order valence-electron chi connectivity index (χ1n) is 8.88. The van der Waals surface area contributed by atoms with Gasteiger partial charge in [0.25, 0.3) is 0 Å². The molecule has 0 aromatic carbocycles. The van der Waals surface area contributed by atoms with Gasteiger partial charge in [-0.25, -0.2) is 9.78 Å². The molecule has 5 nitrogen and oxygen atoms in total. The van der Waals surface area contributed by atoms with E-state index in [4.69, 9.17) is 4.74 Å². The predicted octanol–water partition coefficient (Wildman–Crippen LogP) is 2.86. The normalized spacial score (nSPS) is 28.6. The van der Waals surface area contributed by atoms with Gasteiger partial charge in [0.2, 0.25) is 5.88 Å². The van der Waals surface area contributed by atoms with E-state index in [1.165, 1.54) is 32.1 Å². The van der Waals surface area contributed by atoms with Crippen molar-refractivity contribution in [3.63, 3.8) is 0 Å². The topological polar surface area (TPSA) is 63.2 Å². The van der Waals surface area contributed by atoms with Gasteiger partial charge >= 0.3 is 6.03 Å². The molecule has 0 saturated heterocycles. The Kier molecular flexibility index (Phi) is 4.10. The molecule has 3 saturated carbocycles. The molecule has 1 heterocycles. The summed E-state index contributed by atoms with van der Waals surface area (Å²) >= 11 is 0. The zero-order valence-corrected chi connectivity index (χ0v) is 13.5. The van der Waals surface area contributed by atoms with E-state index in [1.54, 1.807) is 6.20 Å². The van der Waals surface area contributed by atoms with Gasteiger partial charge in [-0.15, -0.1) is 0 Å². The Morgan fingerprint density at radius 2 is 2.13 bits per heavy atom. The van der Waals surface area contributed by atoms with Crippen LogP contribution in [0, 0.1) is 17.8 Å². The zero-order valence-electron chi connectivity index (χ0n) is 13.5. The van der Waals surface area contributed by atoms with Crippen LogP contribution in [-0.4, -0.2) is 23.7 Å². The number of nitrogens with zero attached hydrogens (tertiary/aromatic N) is 1. The van der Waals surface area contributed by atoms with Gasteiger partial charge in [-0.05, 0) is 55.4 Å². The van der Waals surface area contributed by atoms with Crippen molar-refractivity contribution in [3.8, 4) is 5.88 Å². The van der Waals surface area contributed by atoms with Gasteiger partial charge in [-0.1, -0.05) is 12.5 Å². The Hall–Kier alpha value is -1.78. The van der Waals surface area contributed by atoms with Crippen LogP contribution in [0.15, 0.2) is 18.3 Å². The summed E-state index contributed by atoms with van der Waals surface area (Å²) < 4.78 is 5.62. The maximum Gasteiger partial charge on any atom is 0.315 e. The van der Waals surface area contributed by atoms with Crippen molar-refractivity contribution >= 4 is 6.03 Å². The van der Waals surface area contributed by atoms with Gasteiger partial charge in [0, 0.05) is 24.8 Å². The van der Waals surface area contributed by atoms with Gasteiger partial charge in [0.15, 0.2) is 0 Å². The molecule has 0 spiro atoms. The van der Waals surface area contributed by atoms with Gasteiger partial charge in [-0.3, -0.25) is 0 Å². The molecule has 1 aromatic rings. The van der Waals surface area contributed by atoms with E-state index in [1.807, 2.05) is 12.1 Å². The number of hydrogen-bond donors (Lipinski definition) is 2. The summed E-state index contributed by atoms with van der Waals surface area (Å²) in [6, 6.07) is 4.17. The maximum atomic E-state index is 12.0. The van der Waals surface area contributed by atoms with Crippen molar-refractivity contribution in [2.24, 2.45) is 17.8 Å². The van der Waals surface area contributed by atoms with E-state index in [2.05, 4.69) is 15.6 Å². The number of urea groups is 1. The van der Waals surface area contributed by atoms with Gasteiger partial charge in [0.05, 0.1) is 6.61 Å². The monoisotopic (exact) mass is 315 g/mol. The molecule has 0 radical (unpaired) electrons. The number of carbonyl (C=O) groups excluding carboxylic acids is 1. The van der Waals surface area contributed by atoms with E-state index >= 15 is 0 Å². The Balaban J connectivity index is 1.20. The molecule has 1 aromatic heterocycles. The number of nitrogens with one attached hydrogen (secondary N) is 2. The fourth-order valence-electron chi connectivity index (χ4n) is 3.91. The Labute approximate surface area is 137 Å². The molecule has 2 N–H and O–H groups in total. The smallest absolute Gasteiger partial charge is 0.315 e. The quantitative estimate of drug-likeness (QED) is 0.848. The van der Waals surface area contributed by atoms with Crippen molar-refractivity contribution in [2.45, 2.75) is 51.1 Å². The van der Waals surface area contributed by atoms with Crippen LogP contribution in [-0.2, 0) is 6.54 Å². The number of rotatable bonds is 6.